The molecule has 1 fully saturated rings. The van der Waals surface area contributed by atoms with Crippen molar-refractivity contribution in [2.45, 2.75) is 38.7 Å². The molecule has 0 radical (unpaired) electrons. The van der Waals surface area contributed by atoms with E-state index in [0.29, 0.717) is 55.6 Å². The number of piperazine rings is 1. The van der Waals surface area contributed by atoms with E-state index in [-0.39, 0.29) is 17.9 Å². The Morgan fingerprint density at radius 2 is 1.63 bits per heavy atom. The van der Waals surface area contributed by atoms with E-state index in [9.17, 15) is 14.4 Å². The Morgan fingerprint density at radius 1 is 0.891 bits per heavy atom. The van der Waals surface area contributed by atoms with Gasteiger partial charge < -0.3 is 29.2 Å². The lowest BCUT2D eigenvalue weighted by atomic mass is 9.95. The topological polar surface area (TPSA) is 98.4 Å². The van der Waals surface area contributed by atoms with E-state index in [1.807, 2.05) is 76.3 Å². The maximum Gasteiger partial charge on any atom is 0.415 e. The van der Waals surface area contributed by atoms with Gasteiger partial charge in [0.05, 0.1) is 11.4 Å². The van der Waals surface area contributed by atoms with Crippen LogP contribution < -0.4 is 14.5 Å². The van der Waals surface area contributed by atoms with E-state index < -0.39 is 11.7 Å². The molecule has 3 aliphatic rings. The summed E-state index contributed by atoms with van der Waals surface area (Å²) in [6.07, 6.45) is -0.116. The molecule has 4 heterocycles. The van der Waals surface area contributed by atoms with Crippen molar-refractivity contribution in [2.24, 2.45) is 0 Å². The molecule has 0 saturated carbocycles. The first-order chi connectivity index (χ1) is 22.0. The molecular formula is C35H38ClN5O5. The minimum atomic E-state index is -0.599. The zero-order valence-corrected chi connectivity index (χ0v) is 27.3. The molecule has 10 nitrogen and oxygen atoms in total. The number of halogens is 1. The number of anilines is 2. The zero-order valence-electron chi connectivity index (χ0n) is 26.6. The number of aromatic amines is 1. The highest BCUT2D eigenvalue weighted by molar-refractivity contribution is 6.19. The molecule has 4 aromatic rings. The van der Waals surface area contributed by atoms with Gasteiger partial charge in [0.2, 0.25) is 0 Å². The van der Waals surface area contributed by atoms with Gasteiger partial charge in [-0.25, -0.2) is 9.59 Å². The average molecular weight is 644 g/mol. The third-order valence-electron chi connectivity index (χ3n) is 9.13. The number of likely N-dealkylation sites (N-methyl/N-ethyl adjacent to an activating group) is 1. The molecule has 0 bridgehead atoms. The molecule has 240 valence electrons. The van der Waals surface area contributed by atoms with Crippen molar-refractivity contribution in [3.05, 3.63) is 65.4 Å². The maximum absolute atomic E-state index is 14.3. The Bertz CT molecular complexity index is 1870. The highest BCUT2D eigenvalue weighted by Crippen LogP contribution is 2.46. The number of carbonyl (C=O) groups is 3. The third kappa shape index (κ3) is 5.33. The Morgan fingerprint density at radius 3 is 2.35 bits per heavy atom. The van der Waals surface area contributed by atoms with Crippen molar-refractivity contribution in [2.75, 3.05) is 62.0 Å². The lowest BCUT2D eigenvalue weighted by Crippen LogP contribution is -2.48. The molecule has 1 aromatic heterocycles. The van der Waals surface area contributed by atoms with Gasteiger partial charge >= 0.3 is 12.2 Å². The van der Waals surface area contributed by atoms with Crippen molar-refractivity contribution in [1.29, 1.82) is 0 Å². The van der Waals surface area contributed by atoms with Gasteiger partial charge in [-0.2, -0.15) is 0 Å². The molecule has 7 rings (SSSR count). The van der Waals surface area contributed by atoms with Crippen LogP contribution in [0.5, 0.6) is 5.75 Å². The largest absolute Gasteiger partial charge is 0.443 e. The van der Waals surface area contributed by atoms with Crippen molar-refractivity contribution in [1.82, 2.24) is 14.8 Å². The van der Waals surface area contributed by atoms with Gasteiger partial charge in [-0.3, -0.25) is 9.69 Å². The number of benzene rings is 3. The first kappa shape index (κ1) is 30.4. The van der Waals surface area contributed by atoms with Crippen LogP contribution in [-0.4, -0.2) is 90.7 Å². The van der Waals surface area contributed by atoms with Gasteiger partial charge in [0.25, 0.3) is 5.91 Å². The number of nitrogens with one attached hydrogen (secondary N) is 1. The van der Waals surface area contributed by atoms with E-state index in [4.69, 9.17) is 21.1 Å². The lowest BCUT2D eigenvalue weighted by molar-refractivity contribution is 0.0583. The number of H-pyrrole nitrogens is 1. The van der Waals surface area contributed by atoms with Gasteiger partial charge in [0, 0.05) is 73.4 Å². The van der Waals surface area contributed by atoms with E-state index in [2.05, 4.69) is 9.88 Å². The summed E-state index contributed by atoms with van der Waals surface area (Å²) in [5, 5.41) is 2.63. The summed E-state index contributed by atoms with van der Waals surface area (Å²) in [5.41, 5.74) is 4.12. The van der Waals surface area contributed by atoms with Crippen LogP contribution in [0, 0.1) is 0 Å². The normalized spacial score (nSPS) is 18.3. The number of hydrogen-bond acceptors (Lipinski definition) is 6. The van der Waals surface area contributed by atoms with Crippen LogP contribution in [0.2, 0.25) is 0 Å². The van der Waals surface area contributed by atoms with Crippen molar-refractivity contribution >= 4 is 62.7 Å². The van der Waals surface area contributed by atoms with Crippen LogP contribution in [0.1, 0.15) is 48.3 Å². The number of fused-ring (bicyclic) bond motifs is 6. The van der Waals surface area contributed by atoms with E-state index >= 15 is 0 Å². The Balaban J connectivity index is 1.23. The molecule has 46 heavy (non-hydrogen) atoms. The molecule has 1 atom stereocenters. The summed E-state index contributed by atoms with van der Waals surface area (Å²) >= 11 is 6.51. The third-order valence-corrected chi connectivity index (χ3v) is 9.50. The first-order valence-electron chi connectivity index (χ1n) is 15.8. The molecule has 3 aromatic carbocycles. The van der Waals surface area contributed by atoms with Gasteiger partial charge in [-0.05, 0) is 69.0 Å². The SMILES string of the molecule is CN1CCN(C(=O)Oc2cc3c(c4ccccc24)[C@H](CCl)CN3C(=O)c2cc3c4c(ccc3[nH]2)N(C(=O)OC(C)(C)C)CC4)CC1. The first-order valence-corrected chi connectivity index (χ1v) is 16.3. The average Bonchev–Trinajstić information content (AvgIpc) is 3.75. The van der Waals surface area contributed by atoms with E-state index in [1.54, 1.807) is 14.7 Å². The smallest absolute Gasteiger partial charge is 0.415 e. The molecule has 1 saturated heterocycles. The second kappa shape index (κ2) is 11.5. The summed E-state index contributed by atoms with van der Waals surface area (Å²) < 4.78 is 11.7. The quantitative estimate of drug-likeness (QED) is 0.261. The highest BCUT2D eigenvalue weighted by Gasteiger charge is 2.37. The van der Waals surface area contributed by atoms with Crippen LogP contribution in [-0.2, 0) is 11.2 Å². The number of ether oxygens (including phenoxy) is 2. The number of alkyl halides is 1. The molecule has 3 aliphatic heterocycles. The van der Waals surface area contributed by atoms with Gasteiger partial charge in [-0.15, -0.1) is 11.6 Å². The Hall–Kier alpha value is -4.28. The van der Waals surface area contributed by atoms with Gasteiger partial charge in [-0.1, -0.05) is 24.3 Å². The summed E-state index contributed by atoms with van der Waals surface area (Å²) in [5.74, 6) is 0.460. The lowest BCUT2D eigenvalue weighted by Gasteiger charge is -2.31. The van der Waals surface area contributed by atoms with Gasteiger partial charge in [0.1, 0.15) is 17.0 Å². The second-order valence-electron chi connectivity index (χ2n) is 13.4. The molecule has 0 spiro atoms. The summed E-state index contributed by atoms with van der Waals surface area (Å²) in [4.78, 5) is 51.0. The second-order valence-corrected chi connectivity index (χ2v) is 13.7. The fourth-order valence-corrected chi connectivity index (χ4v) is 7.09. The molecule has 0 aliphatic carbocycles. The Labute approximate surface area is 272 Å². The number of hydrogen-bond donors (Lipinski definition) is 1. The minimum absolute atomic E-state index is 0.0936. The number of nitrogens with zero attached hydrogens (tertiary/aromatic N) is 4. The molecule has 0 unspecified atom stereocenters. The molecule has 1 N–H and O–H groups in total. The van der Waals surface area contributed by atoms with Crippen LogP contribution in [0.15, 0.2) is 48.5 Å². The minimum Gasteiger partial charge on any atom is -0.443 e. The predicted octanol–water partition coefficient (Wildman–Crippen LogP) is 6.35. The van der Waals surface area contributed by atoms with Gasteiger partial charge in [0.15, 0.2) is 0 Å². The highest BCUT2D eigenvalue weighted by atomic mass is 35.5. The summed E-state index contributed by atoms with van der Waals surface area (Å²) in [7, 11) is 2.04. The maximum atomic E-state index is 14.3. The predicted molar refractivity (Wildman–Crippen MR) is 180 cm³/mol. The molecular weight excluding hydrogens is 606 g/mol. The molecule has 3 amide bonds. The fourth-order valence-electron chi connectivity index (χ4n) is 6.84. The number of rotatable bonds is 3. The van der Waals surface area contributed by atoms with Crippen molar-refractivity contribution < 1.29 is 23.9 Å². The number of amides is 3. The fraction of sp³-hybridized carbons (Fsp3) is 0.400. The van der Waals surface area contributed by atoms with Crippen LogP contribution in [0.4, 0.5) is 21.0 Å². The van der Waals surface area contributed by atoms with E-state index in [0.717, 1.165) is 51.6 Å². The standard InChI is InChI=1S/C35H38ClN5O5/c1-35(2,3)46-34(44)40-12-11-22-25-17-27(37-26(25)9-10-28(22)40)32(42)41-20-21(19-36)31-24-8-6-5-7-23(24)30(18-29(31)41)45-33(43)39-15-13-38(4)14-16-39/h5-10,17-18,21,37H,11-16,19-20H2,1-4H3/t21-/m1/s1. The monoisotopic (exact) mass is 643 g/mol. The van der Waals surface area contributed by atoms with E-state index in [1.165, 1.54) is 0 Å². The van der Waals surface area contributed by atoms with Crippen LogP contribution in [0.3, 0.4) is 0 Å². The number of aromatic nitrogens is 1. The Kier molecular flexibility index (Phi) is 7.60. The summed E-state index contributed by atoms with van der Waals surface area (Å²) in [6, 6.07) is 15.3. The van der Waals surface area contributed by atoms with Crippen LogP contribution >= 0.6 is 11.6 Å². The van der Waals surface area contributed by atoms with Crippen LogP contribution in [0.25, 0.3) is 21.7 Å². The van der Waals surface area contributed by atoms with Crippen molar-refractivity contribution in [3.8, 4) is 5.75 Å². The summed E-state index contributed by atoms with van der Waals surface area (Å²) in [6.45, 7) is 9.22. The number of carbonyl (C=O) groups excluding carboxylic acids is 3. The van der Waals surface area contributed by atoms with Crippen molar-refractivity contribution in [3.63, 3.8) is 0 Å². The molecule has 11 heteroatoms. The zero-order chi connectivity index (χ0) is 32.3.